The molecule has 0 aliphatic carbocycles. The van der Waals surface area contributed by atoms with Gasteiger partial charge in [-0.15, -0.1) is 0 Å². The molecule has 150 valence electrons. The van der Waals surface area contributed by atoms with Crippen molar-refractivity contribution >= 4 is 11.6 Å². The standard InChI is InChI=1S/C23H30N2O3/c1-15(2)17-11-9-16(10-12-17)13-23(3,4)24-14-19(26)21-22(27)25-18-7-5-6-8-20(18)28-21/h5-12,15,19,21,24,26H,13-14H2,1-4H3,(H,25,27). The van der Waals surface area contributed by atoms with Gasteiger partial charge in [0.25, 0.3) is 5.91 Å². The highest BCUT2D eigenvalue weighted by Gasteiger charge is 2.34. The molecule has 0 spiro atoms. The van der Waals surface area contributed by atoms with Crippen LogP contribution in [0.25, 0.3) is 0 Å². The number of carbonyl (C=O) groups is 1. The van der Waals surface area contributed by atoms with Gasteiger partial charge in [-0.25, -0.2) is 0 Å². The second-order valence-corrected chi connectivity index (χ2v) is 8.43. The lowest BCUT2D eigenvalue weighted by Crippen LogP contribution is -2.53. The van der Waals surface area contributed by atoms with Crippen molar-refractivity contribution in [3.05, 3.63) is 59.7 Å². The van der Waals surface area contributed by atoms with Crippen molar-refractivity contribution in [3.8, 4) is 5.75 Å². The number of fused-ring (bicyclic) bond motifs is 1. The van der Waals surface area contributed by atoms with Gasteiger partial charge < -0.3 is 20.5 Å². The van der Waals surface area contributed by atoms with Crippen molar-refractivity contribution in [2.24, 2.45) is 0 Å². The first-order valence-electron chi connectivity index (χ1n) is 9.84. The lowest BCUT2D eigenvalue weighted by molar-refractivity contribution is -0.128. The van der Waals surface area contributed by atoms with E-state index >= 15 is 0 Å². The SMILES string of the molecule is CC(C)c1ccc(CC(C)(C)NCC(O)C2Oc3ccccc3NC2=O)cc1. The Morgan fingerprint density at radius 1 is 1.14 bits per heavy atom. The third kappa shape index (κ3) is 4.91. The molecule has 2 unspecified atom stereocenters. The van der Waals surface area contributed by atoms with Crippen LogP contribution in [-0.4, -0.2) is 35.3 Å². The van der Waals surface area contributed by atoms with Crippen molar-refractivity contribution in [2.45, 2.75) is 57.8 Å². The number of hydrogen-bond acceptors (Lipinski definition) is 4. The van der Waals surface area contributed by atoms with E-state index in [1.54, 1.807) is 12.1 Å². The van der Waals surface area contributed by atoms with Crippen LogP contribution >= 0.6 is 0 Å². The number of nitrogens with one attached hydrogen (secondary N) is 2. The van der Waals surface area contributed by atoms with Crippen LogP contribution < -0.4 is 15.4 Å². The topological polar surface area (TPSA) is 70.6 Å². The number of hydrogen-bond donors (Lipinski definition) is 3. The molecule has 3 N–H and O–H groups in total. The molecule has 0 radical (unpaired) electrons. The van der Waals surface area contributed by atoms with E-state index in [1.807, 2.05) is 12.1 Å². The van der Waals surface area contributed by atoms with Gasteiger partial charge >= 0.3 is 0 Å². The number of carbonyl (C=O) groups excluding carboxylic acids is 1. The summed E-state index contributed by atoms with van der Waals surface area (Å²) in [6.07, 6.45) is -1.06. The van der Waals surface area contributed by atoms with E-state index in [4.69, 9.17) is 4.74 Å². The first-order valence-corrected chi connectivity index (χ1v) is 9.84. The molecule has 5 heteroatoms. The number of para-hydroxylation sites is 2. The summed E-state index contributed by atoms with van der Waals surface area (Å²) >= 11 is 0. The minimum Gasteiger partial charge on any atom is -0.476 e. The Balaban J connectivity index is 1.57. The molecular weight excluding hydrogens is 352 g/mol. The van der Waals surface area contributed by atoms with Crippen LogP contribution in [0.2, 0.25) is 0 Å². The normalized spacial score (nSPS) is 17.6. The fourth-order valence-corrected chi connectivity index (χ4v) is 3.40. The summed E-state index contributed by atoms with van der Waals surface area (Å²) in [5.74, 6) is 0.771. The number of amides is 1. The molecule has 0 bridgehead atoms. The molecule has 2 atom stereocenters. The second kappa shape index (κ2) is 8.33. The van der Waals surface area contributed by atoms with Crippen LogP contribution in [0.5, 0.6) is 5.75 Å². The smallest absolute Gasteiger partial charge is 0.268 e. The number of β-amino-alcohol motifs (C(OH)–C–C–N with tert-alkyl or cyclic N) is 1. The third-order valence-electron chi connectivity index (χ3n) is 5.09. The van der Waals surface area contributed by atoms with Crippen LogP contribution in [0.1, 0.15) is 44.7 Å². The molecule has 1 aliphatic rings. The Labute approximate surface area is 167 Å². The maximum Gasteiger partial charge on any atom is 0.268 e. The first kappa shape index (κ1) is 20.4. The van der Waals surface area contributed by atoms with E-state index < -0.39 is 12.2 Å². The highest BCUT2D eigenvalue weighted by molar-refractivity contribution is 5.98. The Kier molecular flexibility index (Phi) is 6.06. The van der Waals surface area contributed by atoms with Gasteiger partial charge in [0.15, 0.2) is 0 Å². The monoisotopic (exact) mass is 382 g/mol. The zero-order valence-electron chi connectivity index (χ0n) is 17.0. The average Bonchev–Trinajstić information content (AvgIpc) is 2.65. The second-order valence-electron chi connectivity index (χ2n) is 8.43. The molecule has 2 aromatic carbocycles. The molecule has 0 saturated carbocycles. The summed E-state index contributed by atoms with van der Waals surface area (Å²) < 4.78 is 5.72. The van der Waals surface area contributed by atoms with E-state index in [2.05, 4.69) is 62.6 Å². The van der Waals surface area contributed by atoms with Gasteiger partial charge in [0.05, 0.1) is 5.69 Å². The van der Waals surface area contributed by atoms with E-state index in [1.165, 1.54) is 11.1 Å². The van der Waals surface area contributed by atoms with Crippen LogP contribution in [-0.2, 0) is 11.2 Å². The number of benzene rings is 2. The quantitative estimate of drug-likeness (QED) is 0.686. The highest BCUT2D eigenvalue weighted by atomic mass is 16.5. The zero-order valence-corrected chi connectivity index (χ0v) is 17.0. The summed E-state index contributed by atoms with van der Waals surface area (Å²) in [6, 6.07) is 15.9. The average molecular weight is 383 g/mol. The largest absolute Gasteiger partial charge is 0.476 e. The van der Waals surface area contributed by atoms with Crippen molar-refractivity contribution in [1.82, 2.24) is 5.32 Å². The van der Waals surface area contributed by atoms with E-state index in [0.717, 1.165) is 6.42 Å². The Hall–Kier alpha value is -2.37. The molecule has 28 heavy (non-hydrogen) atoms. The van der Waals surface area contributed by atoms with E-state index in [0.29, 0.717) is 17.4 Å². The molecule has 1 amide bonds. The summed E-state index contributed by atoms with van der Waals surface area (Å²) in [7, 11) is 0. The minimum absolute atomic E-state index is 0.233. The van der Waals surface area contributed by atoms with Gasteiger partial charge in [-0.2, -0.15) is 0 Å². The predicted octanol–water partition coefficient (Wildman–Crippen LogP) is 3.48. The molecule has 0 aromatic heterocycles. The molecule has 0 saturated heterocycles. The zero-order chi connectivity index (χ0) is 20.3. The van der Waals surface area contributed by atoms with Crippen molar-refractivity contribution in [1.29, 1.82) is 0 Å². The molecule has 1 heterocycles. The minimum atomic E-state index is -0.948. The van der Waals surface area contributed by atoms with Gasteiger partial charge in [0, 0.05) is 12.1 Å². The first-order chi connectivity index (χ1) is 13.2. The maximum absolute atomic E-state index is 12.3. The summed E-state index contributed by atoms with van der Waals surface area (Å²) in [4.78, 5) is 12.3. The van der Waals surface area contributed by atoms with E-state index in [-0.39, 0.29) is 18.0 Å². The van der Waals surface area contributed by atoms with Crippen LogP contribution in [0, 0.1) is 0 Å². The molecule has 0 fully saturated rings. The molecule has 2 aromatic rings. The maximum atomic E-state index is 12.3. The number of rotatable bonds is 7. The van der Waals surface area contributed by atoms with Gasteiger partial charge in [0.2, 0.25) is 6.10 Å². The predicted molar refractivity (Wildman–Crippen MR) is 112 cm³/mol. The van der Waals surface area contributed by atoms with Crippen LogP contribution in [0.4, 0.5) is 5.69 Å². The van der Waals surface area contributed by atoms with Gasteiger partial charge in [-0.1, -0.05) is 50.2 Å². The Bertz CT molecular complexity index is 815. The highest BCUT2D eigenvalue weighted by Crippen LogP contribution is 2.29. The van der Waals surface area contributed by atoms with Gasteiger partial charge in [-0.3, -0.25) is 4.79 Å². The fourth-order valence-electron chi connectivity index (χ4n) is 3.40. The van der Waals surface area contributed by atoms with Crippen molar-refractivity contribution in [3.63, 3.8) is 0 Å². The summed E-state index contributed by atoms with van der Waals surface area (Å²) in [6.45, 7) is 8.81. The molecule has 3 rings (SSSR count). The Morgan fingerprint density at radius 3 is 2.50 bits per heavy atom. The number of ether oxygens (including phenoxy) is 1. The van der Waals surface area contributed by atoms with Gasteiger partial charge in [0.1, 0.15) is 11.9 Å². The summed E-state index contributed by atoms with van der Waals surface area (Å²) in [5, 5.41) is 16.7. The molecular formula is C23H30N2O3. The van der Waals surface area contributed by atoms with E-state index in [9.17, 15) is 9.90 Å². The van der Waals surface area contributed by atoms with Gasteiger partial charge in [-0.05, 0) is 49.4 Å². The molecule has 5 nitrogen and oxygen atoms in total. The lowest BCUT2D eigenvalue weighted by Gasteiger charge is -2.32. The van der Waals surface area contributed by atoms with Crippen molar-refractivity contribution < 1.29 is 14.6 Å². The Morgan fingerprint density at radius 2 is 1.82 bits per heavy atom. The number of anilines is 1. The molecule has 1 aliphatic heterocycles. The van der Waals surface area contributed by atoms with Crippen molar-refractivity contribution in [2.75, 3.05) is 11.9 Å². The van der Waals surface area contributed by atoms with Crippen LogP contribution in [0.15, 0.2) is 48.5 Å². The lowest BCUT2D eigenvalue weighted by atomic mass is 9.92. The van der Waals surface area contributed by atoms with Crippen LogP contribution in [0.3, 0.4) is 0 Å². The number of aliphatic hydroxyl groups is 1. The summed E-state index contributed by atoms with van der Waals surface area (Å²) in [5.41, 5.74) is 2.96. The third-order valence-corrected chi connectivity index (χ3v) is 5.09. The number of aliphatic hydroxyl groups excluding tert-OH is 1. The fraction of sp³-hybridized carbons (Fsp3) is 0.435.